The van der Waals surface area contributed by atoms with Crippen LogP contribution in [0.5, 0.6) is 0 Å². The molecule has 0 spiro atoms. The molecule has 1 N–H and O–H groups in total. The van der Waals surface area contributed by atoms with Crippen LogP contribution >= 0.6 is 23.2 Å². The number of rotatable bonds is 3. The van der Waals surface area contributed by atoms with Crippen LogP contribution in [0.25, 0.3) is 0 Å². The molecule has 0 saturated heterocycles. The van der Waals surface area contributed by atoms with Crippen molar-refractivity contribution in [3.05, 3.63) is 59.4 Å². The van der Waals surface area contributed by atoms with Crippen molar-refractivity contribution >= 4 is 34.1 Å². The van der Waals surface area contributed by atoms with Gasteiger partial charge in [0, 0.05) is 11.2 Å². The number of nitrogens with one attached hydrogen (secondary N) is 1. The minimum Gasteiger partial charge on any atom is -0.277 e. The topological polar surface area (TPSA) is 37.3 Å². The fourth-order valence-electron chi connectivity index (χ4n) is 1.18. The lowest BCUT2D eigenvalue weighted by Crippen LogP contribution is -1.99. The third kappa shape index (κ3) is 3.44. The quantitative estimate of drug-likeness (QED) is 0.678. The lowest BCUT2D eigenvalue weighted by atomic mass is 10.3. The first-order chi connectivity index (χ1) is 8.25. The molecule has 0 radical (unpaired) electrons. The molecule has 0 bridgehead atoms. The zero-order chi connectivity index (χ0) is 12.1. The highest BCUT2D eigenvalue weighted by molar-refractivity contribution is 6.69. The van der Waals surface area contributed by atoms with Crippen LogP contribution in [0.4, 0.5) is 5.69 Å². The van der Waals surface area contributed by atoms with Gasteiger partial charge in [-0.3, -0.25) is 10.4 Å². The van der Waals surface area contributed by atoms with E-state index in [2.05, 4.69) is 15.5 Å². The standard InChI is InChI=1S/C12H9Cl2N3/c13-9-4-6-10(7-5-9)16-17-12(14)11-3-1-2-8-15-11/h1-8,16H/b17-12-. The van der Waals surface area contributed by atoms with Gasteiger partial charge in [-0.25, -0.2) is 0 Å². The van der Waals surface area contributed by atoms with Crippen LogP contribution < -0.4 is 5.43 Å². The summed E-state index contributed by atoms with van der Waals surface area (Å²) in [5, 5.41) is 5.00. The Morgan fingerprint density at radius 1 is 1.12 bits per heavy atom. The number of hydrogen-bond acceptors (Lipinski definition) is 3. The van der Waals surface area contributed by atoms with E-state index in [9.17, 15) is 0 Å². The number of aromatic nitrogens is 1. The Hall–Kier alpha value is -1.58. The van der Waals surface area contributed by atoms with E-state index in [0.29, 0.717) is 15.9 Å². The van der Waals surface area contributed by atoms with Gasteiger partial charge in [0.2, 0.25) is 0 Å². The van der Waals surface area contributed by atoms with E-state index >= 15 is 0 Å². The molecule has 0 amide bonds. The lowest BCUT2D eigenvalue weighted by molar-refractivity contribution is 1.27. The van der Waals surface area contributed by atoms with Crippen molar-refractivity contribution in [2.45, 2.75) is 0 Å². The van der Waals surface area contributed by atoms with Gasteiger partial charge in [-0.1, -0.05) is 29.3 Å². The number of hydrogen-bond donors (Lipinski definition) is 1. The Bertz CT molecular complexity index is 509. The van der Waals surface area contributed by atoms with Gasteiger partial charge in [-0.05, 0) is 36.4 Å². The van der Waals surface area contributed by atoms with Crippen LogP contribution in [0.3, 0.4) is 0 Å². The molecule has 1 heterocycles. The molecular weight excluding hydrogens is 257 g/mol. The number of pyridine rings is 1. The van der Waals surface area contributed by atoms with Crippen LogP contribution in [0, 0.1) is 0 Å². The molecule has 2 aromatic rings. The summed E-state index contributed by atoms with van der Waals surface area (Å²) in [5.41, 5.74) is 4.26. The maximum absolute atomic E-state index is 5.99. The highest BCUT2D eigenvalue weighted by Gasteiger charge is 1.99. The van der Waals surface area contributed by atoms with Gasteiger partial charge in [0.05, 0.1) is 5.69 Å². The minimum absolute atomic E-state index is 0.306. The monoisotopic (exact) mass is 265 g/mol. The highest BCUT2D eigenvalue weighted by Crippen LogP contribution is 2.13. The fourth-order valence-corrected chi connectivity index (χ4v) is 1.46. The predicted molar refractivity (Wildman–Crippen MR) is 71.7 cm³/mol. The second-order valence-corrected chi connectivity index (χ2v) is 4.03. The molecule has 0 fully saturated rings. The van der Waals surface area contributed by atoms with Gasteiger partial charge >= 0.3 is 0 Å². The third-order valence-electron chi connectivity index (χ3n) is 2.00. The molecule has 0 aliphatic rings. The molecule has 1 aromatic carbocycles. The van der Waals surface area contributed by atoms with Crippen LogP contribution in [0.2, 0.25) is 5.02 Å². The molecule has 2 rings (SSSR count). The zero-order valence-electron chi connectivity index (χ0n) is 8.77. The summed E-state index contributed by atoms with van der Waals surface area (Å²) in [6, 6.07) is 12.6. The van der Waals surface area contributed by atoms with Gasteiger partial charge in [-0.2, -0.15) is 5.10 Å². The van der Waals surface area contributed by atoms with Crippen molar-refractivity contribution in [2.75, 3.05) is 5.43 Å². The number of hydrazone groups is 1. The summed E-state index contributed by atoms with van der Waals surface area (Å²) in [4.78, 5) is 4.08. The Morgan fingerprint density at radius 3 is 2.53 bits per heavy atom. The third-order valence-corrected chi connectivity index (χ3v) is 2.53. The molecule has 0 saturated carbocycles. The Kier molecular flexibility index (Phi) is 3.96. The summed E-state index contributed by atoms with van der Waals surface area (Å²) in [6.07, 6.45) is 1.66. The smallest absolute Gasteiger partial charge is 0.174 e. The summed E-state index contributed by atoms with van der Waals surface area (Å²) in [5.74, 6) is 0. The average Bonchev–Trinajstić information content (AvgIpc) is 2.39. The molecule has 0 aliphatic heterocycles. The van der Waals surface area contributed by atoms with Crippen LogP contribution in [0.15, 0.2) is 53.8 Å². The maximum atomic E-state index is 5.99. The normalized spacial score (nSPS) is 11.3. The number of nitrogens with zero attached hydrogens (tertiary/aromatic N) is 2. The van der Waals surface area contributed by atoms with Crippen molar-refractivity contribution in [3.8, 4) is 0 Å². The van der Waals surface area contributed by atoms with E-state index in [0.717, 1.165) is 5.69 Å². The van der Waals surface area contributed by atoms with Crippen molar-refractivity contribution in [3.63, 3.8) is 0 Å². The van der Waals surface area contributed by atoms with Gasteiger partial charge < -0.3 is 0 Å². The van der Waals surface area contributed by atoms with E-state index in [1.165, 1.54) is 0 Å². The van der Waals surface area contributed by atoms with Crippen LogP contribution in [-0.2, 0) is 0 Å². The number of halogens is 2. The second-order valence-electron chi connectivity index (χ2n) is 3.24. The molecule has 17 heavy (non-hydrogen) atoms. The van der Waals surface area contributed by atoms with E-state index in [-0.39, 0.29) is 0 Å². The van der Waals surface area contributed by atoms with Crippen molar-refractivity contribution in [1.82, 2.24) is 4.98 Å². The molecule has 0 atom stereocenters. The van der Waals surface area contributed by atoms with E-state index < -0.39 is 0 Å². The SMILES string of the molecule is Cl/C(=N\Nc1ccc(Cl)cc1)c1ccccn1. The Balaban J connectivity index is 2.08. The van der Waals surface area contributed by atoms with Crippen molar-refractivity contribution < 1.29 is 0 Å². The number of benzene rings is 1. The largest absolute Gasteiger partial charge is 0.277 e. The van der Waals surface area contributed by atoms with E-state index in [4.69, 9.17) is 23.2 Å². The average molecular weight is 266 g/mol. The van der Waals surface area contributed by atoms with Crippen LogP contribution in [-0.4, -0.2) is 10.2 Å². The predicted octanol–water partition coefficient (Wildman–Crippen LogP) is 3.75. The molecule has 1 aromatic heterocycles. The Labute approximate surface area is 109 Å². The summed E-state index contributed by atoms with van der Waals surface area (Å²) < 4.78 is 0. The molecule has 0 unspecified atom stereocenters. The first-order valence-corrected chi connectivity index (χ1v) is 5.67. The summed E-state index contributed by atoms with van der Waals surface area (Å²) in [6.45, 7) is 0. The minimum atomic E-state index is 0.306. The first-order valence-electron chi connectivity index (χ1n) is 4.92. The molecule has 0 aliphatic carbocycles. The van der Waals surface area contributed by atoms with Gasteiger partial charge in [0.25, 0.3) is 0 Å². The highest BCUT2D eigenvalue weighted by atomic mass is 35.5. The summed E-state index contributed by atoms with van der Waals surface area (Å²) in [7, 11) is 0. The van der Waals surface area contributed by atoms with Crippen molar-refractivity contribution in [2.24, 2.45) is 5.10 Å². The van der Waals surface area contributed by atoms with Gasteiger partial charge in [0.1, 0.15) is 5.69 Å². The Morgan fingerprint density at radius 2 is 1.88 bits per heavy atom. The fraction of sp³-hybridized carbons (Fsp3) is 0. The van der Waals surface area contributed by atoms with Crippen molar-refractivity contribution in [1.29, 1.82) is 0 Å². The van der Waals surface area contributed by atoms with E-state index in [1.807, 2.05) is 24.3 Å². The maximum Gasteiger partial charge on any atom is 0.174 e. The zero-order valence-corrected chi connectivity index (χ0v) is 10.3. The van der Waals surface area contributed by atoms with Gasteiger partial charge in [0.15, 0.2) is 5.17 Å². The van der Waals surface area contributed by atoms with Crippen LogP contribution in [0.1, 0.15) is 5.69 Å². The second kappa shape index (κ2) is 5.66. The van der Waals surface area contributed by atoms with E-state index in [1.54, 1.807) is 24.4 Å². The summed E-state index contributed by atoms with van der Waals surface area (Å²) >= 11 is 11.8. The lowest BCUT2D eigenvalue weighted by Gasteiger charge is -2.01. The molecule has 86 valence electrons. The van der Waals surface area contributed by atoms with Gasteiger partial charge in [-0.15, -0.1) is 0 Å². The number of anilines is 1. The molecular formula is C12H9Cl2N3. The molecule has 3 nitrogen and oxygen atoms in total. The molecule has 5 heteroatoms. The first kappa shape index (κ1) is 11.9.